The van der Waals surface area contributed by atoms with Crippen molar-refractivity contribution in [2.24, 2.45) is 10.4 Å². The van der Waals surface area contributed by atoms with Gasteiger partial charge in [-0.3, -0.25) is 4.98 Å². The number of guanidine groups is 1. The first-order chi connectivity index (χ1) is 11.2. The Balaban J connectivity index is 1.69. The molecule has 23 heavy (non-hydrogen) atoms. The number of aromatic nitrogens is 1. The lowest BCUT2D eigenvalue weighted by Crippen LogP contribution is -2.41. The number of pyridine rings is 1. The Kier molecular flexibility index (Phi) is 5.19. The second-order valence-corrected chi connectivity index (χ2v) is 7.17. The number of nitrogens with zero attached hydrogens (tertiary/aromatic N) is 3. The van der Waals surface area contributed by atoms with E-state index in [1.165, 1.54) is 50.6 Å². The zero-order valence-corrected chi connectivity index (χ0v) is 14.6. The molecule has 1 saturated carbocycles. The van der Waals surface area contributed by atoms with Crippen LogP contribution in [0.25, 0.3) is 0 Å². The van der Waals surface area contributed by atoms with Crippen LogP contribution in [0.1, 0.15) is 56.7 Å². The summed E-state index contributed by atoms with van der Waals surface area (Å²) in [6.07, 6.45) is 10.3. The molecule has 0 unspecified atom stereocenters. The summed E-state index contributed by atoms with van der Waals surface area (Å²) in [5.74, 6) is 1.07. The minimum atomic E-state index is 0.565. The highest BCUT2D eigenvalue weighted by atomic mass is 15.3. The fourth-order valence-electron chi connectivity index (χ4n) is 4.09. The average molecular weight is 314 g/mol. The number of nitrogens with one attached hydrogen (secondary N) is 1. The minimum absolute atomic E-state index is 0.565. The first-order valence-corrected chi connectivity index (χ1v) is 9.16. The van der Waals surface area contributed by atoms with Crippen LogP contribution in [0.5, 0.6) is 0 Å². The fourth-order valence-corrected chi connectivity index (χ4v) is 4.09. The van der Waals surface area contributed by atoms with Gasteiger partial charge in [0.15, 0.2) is 5.96 Å². The lowest BCUT2D eigenvalue weighted by molar-refractivity contribution is 0.203. The molecule has 1 spiro atoms. The summed E-state index contributed by atoms with van der Waals surface area (Å²) in [6.45, 7) is 8.17. The Bertz CT molecular complexity index is 546. The molecule has 4 nitrogen and oxygen atoms in total. The third-order valence-corrected chi connectivity index (χ3v) is 5.48. The van der Waals surface area contributed by atoms with Gasteiger partial charge in [-0.25, -0.2) is 4.99 Å². The first kappa shape index (κ1) is 16.3. The largest absolute Gasteiger partial charge is 0.357 e. The van der Waals surface area contributed by atoms with Crippen LogP contribution in [0.2, 0.25) is 0 Å². The van der Waals surface area contributed by atoms with E-state index >= 15 is 0 Å². The van der Waals surface area contributed by atoms with Gasteiger partial charge in [0, 0.05) is 25.8 Å². The van der Waals surface area contributed by atoms with Crippen LogP contribution in [0.15, 0.2) is 23.3 Å². The van der Waals surface area contributed by atoms with Gasteiger partial charge in [-0.05, 0) is 50.2 Å². The standard InChI is InChI=1S/C19H30N4/c1-3-20-18(22-14-17-16(2)8-7-12-21-17)23-13-11-19(15-23)9-5-4-6-10-19/h7-8,12H,3-6,9-11,13-15H2,1-2H3,(H,20,22). The normalized spacial score (nSPS) is 21.0. The zero-order valence-electron chi connectivity index (χ0n) is 14.6. The van der Waals surface area contributed by atoms with E-state index in [1.54, 1.807) is 0 Å². The average Bonchev–Trinajstić information content (AvgIpc) is 2.97. The number of aliphatic imine (C=N–C) groups is 1. The van der Waals surface area contributed by atoms with Crippen LogP contribution < -0.4 is 5.32 Å². The van der Waals surface area contributed by atoms with Crippen molar-refractivity contribution >= 4 is 5.96 Å². The zero-order chi connectivity index (χ0) is 16.1. The van der Waals surface area contributed by atoms with Gasteiger partial charge in [0.2, 0.25) is 0 Å². The van der Waals surface area contributed by atoms with Gasteiger partial charge >= 0.3 is 0 Å². The summed E-state index contributed by atoms with van der Waals surface area (Å²) < 4.78 is 0. The van der Waals surface area contributed by atoms with Gasteiger partial charge in [0.1, 0.15) is 0 Å². The summed E-state index contributed by atoms with van der Waals surface area (Å²) in [5.41, 5.74) is 2.86. The van der Waals surface area contributed by atoms with Crippen molar-refractivity contribution in [2.45, 2.75) is 58.9 Å². The SMILES string of the molecule is CCNC(=NCc1ncccc1C)N1CCC2(CCCCC2)C1. The molecular formula is C19H30N4. The Labute approximate surface area is 140 Å². The van der Waals surface area contributed by atoms with Gasteiger partial charge in [-0.15, -0.1) is 0 Å². The van der Waals surface area contributed by atoms with Crippen LogP contribution in [-0.2, 0) is 6.54 Å². The molecule has 1 N–H and O–H groups in total. The summed E-state index contributed by atoms with van der Waals surface area (Å²) >= 11 is 0. The van der Waals surface area contributed by atoms with E-state index in [0.29, 0.717) is 12.0 Å². The topological polar surface area (TPSA) is 40.5 Å². The number of aryl methyl sites for hydroxylation is 1. The van der Waals surface area contributed by atoms with Crippen molar-refractivity contribution < 1.29 is 0 Å². The van der Waals surface area contributed by atoms with Crippen LogP contribution in [0.3, 0.4) is 0 Å². The van der Waals surface area contributed by atoms with E-state index in [0.717, 1.165) is 24.7 Å². The Hall–Kier alpha value is -1.58. The van der Waals surface area contributed by atoms with Gasteiger partial charge in [-0.1, -0.05) is 25.3 Å². The Morgan fingerprint density at radius 1 is 1.30 bits per heavy atom. The second-order valence-electron chi connectivity index (χ2n) is 7.17. The highest BCUT2D eigenvalue weighted by Gasteiger charge is 2.39. The molecule has 0 radical (unpaired) electrons. The highest BCUT2D eigenvalue weighted by molar-refractivity contribution is 5.80. The van der Waals surface area contributed by atoms with Crippen molar-refractivity contribution in [3.63, 3.8) is 0 Å². The maximum atomic E-state index is 4.87. The van der Waals surface area contributed by atoms with Crippen LogP contribution in [-0.4, -0.2) is 35.5 Å². The van der Waals surface area contributed by atoms with Gasteiger partial charge < -0.3 is 10.2 Å². The molecule has 1 aromatic heterocycles. The van der Waals surface area contributed by atoms with E-state index in [-0.39, 0.29) is 0 Å². The number of hydrogen-bond acceptors (Lipinski definition) is 2. The van der Waals surface area contributed by atoms with Gasteiger partial charge in [-0.2, -0.15) is 0 Å². The van der Waals surface area contributed by atoms with Crippen LogP contribution in [0.4, 0.5) is 0 Å². The van der Waals surface area contributed by atoms with Crippen molar-refractivity contribution in [3.05, 3.63) is 29.6 Å². The maximum Gasteiger partial charge on any atom is 0.194 e. The summed E-state index contributed by atoms with van der Waals surface area (Å²) in [4.78, 5) is 11.8. The lowest BCUT2D eigenvalue weighted by Gasteiger charge is -2.33. The lowest BCUT2D eigenvalue weighted by atomic mass is 9.73. The third-order valence-electron chi connectivity index (χ3n) is 5.48. The molecule has 0 aromatic carbocycles. The molecule has 126 valence electrons. The molecule has 1 aliphatic heterocycles. The van der Waals surface area contributed by atoms with Crippen LogP contribution >= 0.6 is 0 Å². The summed E-state index contributed by atoms with van der Waals surface area (Å²) in [7, 11) is 0. The predicted molar refractivity (Wildman–Crippen MR) is 95.5 cm³/mol. The molecular weight excluding hydrogens is 284 g/mol. The van der Waals surface area contributed by atoms with Crippen molar-refractivity contribution in [1.82, 2.24) is 15.2 Å². The molecule has 2 fully saturated rings. The maximum absolute atomic E-state index is 4.87. The second kappa shape index (κ2) is 7.33. The third kappa shape index (κ3) is 3.85. The predicted octanol–water partition coefficient (Wildman–Crippen LogP) is 3.51. The minimum Gasteiger partial charge on any atom is -0.357 e. The number of rotatable bonds is 3. The van der Waals surface area contributed by atoms with E-state index in [2.05, 4.69) is 35.1 Å². The Morgan fingerprint density at radius 2 is 2.13 bits per heavy atom. The monoisotopic (exact) mass is 314 g/mol. The fraction of sp³-hybridized carbons (Fsp3) is 0.684. The van der Waals surface area contributed by atoms with Crippen molar-refractivity contribution in [2.75, 3.05) is 19.6 Å². The van der Waals surface area contributed by atoms with Crippen LogP contribution in [0, 0.1) is 12.3 Å². The highest BCUT2D eigenvalue weighted by Crippen LogP contribution is 2.43. The molecule has 3 rings (SSSR count). The molecule has 2 heterocycles. The molecule has 1 aromatic rings. The van der Waals surface area contributed by atoms with E-state index < -0.39 is 0 Å². The quantitative estimate of drug-likeness (QED) is 0.685. The molecule has 2 aliphatic rings. The molecule has 0 atom stereocenters. The number of likely N-dealkylation sites (tertiary alicyclic amines) is 1. The number of hydrogen-bond donors (Lipinski definition) is 1. The molecule has 4 heteroatoms. The van der Waals surface area contributed by atoms with E-state index in [9.17, 15) is 0 Å². The summed E-state index contributed by atoms with van der Waals surface area (Å²) in [6, 6.07) is 4.10. The van der Waals surface area contributed by atoms with Crippen molar-refractivity contribution in [3.8, 4) is 0 Å². The van der Waals surface area contributed by atoms with E-state index in [4.69, 9.17) is 4.99 Å². The molecule has 1 aliphatic carbocycles. The molecule has 0 amide bonds. The smallest absolute Gasteiger partial charge is 0.194 e. The Morgan fingerprint density at radius 3 is 2.87 bits per heavy atom. The first-order valence-electron chi connectivity index (χ1n) is 9.16. The van der Waals surface area contributed by atoms with E-state index in [1.807, 2.05) is 12.3 Å². The summed E-state index contributed by atoms with van der Waals surface area (Å²) in [5, 5.41) is 3.48. The van der Waals surface area contributed by atoms with Crippen molar-refractivity contribution in [1.29, 1.82) is 0 Å². The molecule has 0 bridgehead atoms. The van der Waals surface area contributed by atoms with Gasteiger partial charge in [0.05, 0.1) is 12.2 Å². The van der Waals surface area contributed by atoms with Gasteiger partial charge in [0.25, 0.3) is 0 Å². The molecule has 1 saturated heterocycles.